The maximum Gasteiger partial charge on any atom is 0.336 e. The molecule has 8 heteroatoms. The zero-order valence-corrected chi connectivity index (χ0v) is 14.8. The molecule has 3 aromatic rings. The molecule has 2 bridgehead atoms. The Balaban J connectivity index is 1.77. The molecule has 2 aliphatic heterocycles. The van der Waals surface area contributed by atoms with Crippen LogP contribution in [0, 0.1) is 0 Å². The Morgan fingerprint density at radius 1 is 1.12 bits per heavy atom. The molecule has 2 atom stereocenters. The molecular formula is C18H17N3O4S. The molecule has 1 saturated heterocycles. The molecule has 1 aromatic heterocycles. The van der Waals surface area contributed by atoms with Gasteiger partial charge in [0.1, 0.15) is 5.69 Å². The molecule has 26 heavy (non-hydrogen) atoms. The topological polar surface area (TPSA) is 84.5 Å². The van der Waals surface area contributed by atoms with E-state index in [0.29, 0.717) is 17.8 Å². The quantitative estimate of drug-likeness (QED) is 0.744. The molecule has 5 rings (SSSR count). The molecule has 0 aliphatic carbocycles. The van der Waals surface area contributed by atoms with Gasteiger partial charge in [-0.15, -0.1) is 0 Å². The van der Waals surface area contributed by atoms with Crippen molar-refractivity contribution < 1.29 is 13.5 Å². The van der Waals surface area contributed by atoms with Crippen molar-refractivity contribution in [1.82, 2.24) is 13.4 Å². The first-order valence-electron chi connectivity index (χ1n) is 8.39. The van der Waals surface area contributed by atoms with Crippen LogP contribution in [0.1, 0.15) is 24.2 Å². The van der Waals surface area contributed by atoms with Crippen LogP contribution in [0.5, 0.6) is 5.88 Å². The Morgan fingerprint density at radius 2 is 1.85 bits per heavy atom. The maximum atomic E-state index is 13.1. The number of nitrogens with zero attached hydrogens (tertiary/aromatic N) is 3. The lowest BCUT2D eigenvalue weighted by molar-refractivity contribution is 0.344. The van der Waals surface area contributed by atoms with Crippen molar-refractivity contribution in [3.8, 4) is 11.6 Å². The second-order valence-corrected chi connectivity index (χ2v) is 8.87. The second-order valence-electron chi connectivity index (χ2n) is 6.93. The van der Waals surface area contributed by atoms with E-state index in [9.17, 15) is 18.3 Å². The average molecular weight is 371 g/mol. The summed E-state index contributed by atoms with van der Waals surface area (Å²) in [7, 11) is -3.40. The molecule has 2 aliphatic rings. The molecule has 2 aromatic carbocycles. The second kappa shape index (κ2) is 4.99. The summed E-state index contributed by atoms with van der Waals surface area (Å²) in [4.78, 5) is 13.1. The van der Waals surface area contributed by atoms with Crippen molar-refractivity contribution in [2.75, 3.05) is 12.8 Å². The van der Waals surface area contributed by atoms with Crippen LogP contribution in [-0.2, 0) is 10.0 Å². The van der Waals surface area contributed by atoms with Gasteiger partial charge in [0.2, 0.25) is 15.9 Å². The number of fused-ring (bicyclic) bond motifs is 6. The van der Waals surface area contributed by atoms with Crippen LogP contribution in [0.25, 0.3) is 16.5 Å². The first-order chi connectivity index (χ1) is 12.4. The third-order valence-electron chi connectivity index (χ3n) is 5.45. The van der Waals surface area contributed by atoms with E-state index < -0.39 is 16.1 Å². The van der Waals surface area contributed by atoms with E-state index in [1.165, 1.54) is 8.87 Å². The molecule has 0 saturated carbocycles. The Morgan fingerprint density at radius 3 is 2.62 bits per heavy atom. The molecule has 1 unspecified atom stereocenters. The summed E-state index contributed by atoms with van der Waals surface area (Å²) in [6.07, 6.45) is 1.69. The van der Waals surface area contributed by atoms with Gasteiger partial charge < -0.3 is 5.11 Å². The number of hydrogen-bond donors (Lipinski definition) is 1. The SMILES string of the molecule is CS(=O)(=O)N1C[C@H]2CC1c1c(O)n(-c3cccc4ccccc34)c(=O)n12. The number of hydrogen-bond acceptors (Lipinski definition) is 4. The lowest BCUT2D eigenvalue weighted by atomic mass is 10.1. The summed E-state index contributed by atoms with van der Waals surface area (Å²) in [5.41, 5.74) is 0.664. The minimum absolute atomic E-state index is 0.174. The van der Waals surface area contributed by atoms with Crippen molar-refractivity contribution in [3.05, 3.63) is 58.6 Å². The van der Waals surface area contributed by atoms with Gasteiger partial charge in [0.25, 0.3) is 0 Å². The van der Waals surface area contributed by atoms with Gasteiger partial charge in [-0.2, -0.15) is 4.31 Å². The minimum Gasteiger partial charge on any atom is -0.493 e. The van der Waals surface area contributed by atoms with Crippen LogP contribution in [-0.4, -0.2) is 39.8 Å². The first-order valence-corrected chi connectivity index (χ1v) is 10.2. The van der Waals surface area contributed by atoms with Gasteiger partial charge in [0.15, 0.2) is 0 Å². The predicted octanol–water partition coefficient (Wildman–Crippen LogP) is 1.76. The summed E-state index contributed by atoms with van der Waals surface area (Å²) in [5, 5.41) is 12.7. The number of aromatic hydroxyl groups is 1. The van der Waals surface area contributed by atoms with Gasteiger partial charge >= 0.3 is 5.69 Å². The minimum atomic E-state index is -3.40. The van der Waals surface area contributed by atoms with Crippen LogP contribution in [0.4, 0.5) is 0 Å². The highest BCUT2D eigenvalue weighted by Crippen LogP contribution is 2.49. The molecule has 1 N–H and O–H groups in total. The summed E-state index contributed by atoms with van der Waals surface area (Å²) in [6, 6.07) is 12.5. The summed E-state index contributed by atoms with van der Waals surface area (Å²) in [6.45, 7) is 0.273. The molecule has 0 amide bonds. The first kappa shape index (κ1) is 15.7. The zero-order chi connectivity index (χ0) is 18.2. The summed E-state index contributed by atoms with van der Waals surface area (Å²) < 4.78 is 28.3. The molecular weight excluding hydrogens is 354 g/mol. The average Bonchev–Trinajstić information content (AvgIpc) is 3.26. The lowest BCUT2D eigenvalue weighted by Gasteiger charge is -2.25. The van der Waals surface area contributed by atoms with E-state index in [2.05, 4.69) is 0 Å². The van der Waals surface area contributed by atoms with E-state index in [-0.39, 0.29) is 24.2 Å². The normalized spacial score (nSPS) is 22.2. The van der Waals surface area contributed by atoms with Crippen molar-refractivity contribution >= 4 is 20.8 Å². The van der Waals surface area contributed by atoms with E-state index in [0.717, 1.165) is 17.0 Å². The predicted molar refractivity (Wildman–Crippen MR) is 97.1 cm³/mol. The largest absolute Gasteiger partial charge is 0.493 e. The maximum absolute atomic E-state index is 13.1. The third-order valence-corrected chi connectivity index (χ3v) is 6.70. The Bertz CT molecular complexity index is 1220. The molecule has 0 radical (unpaired) electrons. The van der Waals surface area contributed by atoms with Gasteiger partial charge in [-0.3, -0.25) is 4.57 Å². The van der Waals surface area contributed by atoms with E-state index in [1.807, 2.05) is 36.4 Å². The molecule has 7 nitrogen and oxygen atoms in total. The van der Waals surface area contributed by atoms with Crippen LogP contribution in [0.2, 0.25) is 0 Å². The number of imidazole rings is 1. The summed E-state index contributed by atoms with van der Waals surface area (Å²) in [5.74, 6) is -0.174. The van der Waals surface area contributed by atoms with E-state index in [4.69, 9.17) is 0 Å². The van der Waals surface area contributed by atoms with Crippen molar-refractivity contribution in [1.29, 1.82) is 0 Å². The highest BCUT2D eigenvalue weighted by molar-refractivity contribution is 7.88. The fourth-order valence-corrected chi connectivity index (χ4v) is 5.48. The number of rotatable bonds is 2. The standard InChI is InChI=1S/C18H17N3O4S/c1-26(24,25)19-10-12-9-15(19)16-17(22)21(18(23)20(12)16)14-8-4-6-11-5-2-3-7-13(11)14/h2-8,12,15,22H,9-10H2,1H3/t12-,15?/m1/s1. The van der Waals surface area contributed by atoms with Crippen molar-refractivity contribution in [2.24, 2.45) is 0 Å². The Kier molecular flexibility index (Phi) is 3.00. The van der Waals surface area contributed by atoms with Gasteiger partial charge in [-0.05, 0) is 17.9 Å². The monoisotopic (exact) mass is 371 g/mol. The fourth-order valence-electron chi connectivity index (χ4n) is 4.39. The highest BCUT2D eigenvalue weighted by Gasteiger charge is 2.50. The van der Waals surface area contributed by atoms with Crippen molar-refractivity contribution in [3.63, 3.8) is 0 Å². The van der Waals surface area contributed by atoms with Crippen molar-refractivity contribution in [2.45, 2.75) is 18.5 Å². The van der Waals surface area contributed by atoms with E-state index >= 15 is 0 Å². The number of sulfonamides is 1. The molecule has 0 spiro atoms. The number of aromatic nitrogens is 2. The van der Waals surface area contributed by atoms with Gasteiger partial charge in [0, 0.05) is 11.9 Å². The summed E-state index contributed by atoms with van der Waals surface area (Å²) >= 11 is 0. The highest BCUT2D eigenvalue weighted by atomic mass is 32.2. The van der Waals surface area contributed by atoms with Crippen LogP contribution >= 0.6 is 0 Å². The lowest BCUT2D eigenvalue weighted by Crippen LogP contribution is -2.37. The fraction of sp³-hybridized carbons (Fsp3) is 0.278. The van der Waals surface area contributed by atoms with Crippen LogP contribution in [0.3, 0.4) is 0 Å². The molecule has 134 valence electrons. The Hall–Kier alpha value is -2.58. The number of benzene rings is 2. The van der Waals surface area contributed by atoms with Gasteiger partial charge in [-0.1, -0.05) is 36.4 Å². The van der Waals surface area contributed by atoms with Gasteiger partial charge in [-0.25, -0.2) is 17.8 Å². The van der Waals surface area contributed by atoms with Crippen LogP contribution in [0.15, 0.2) is 47.3 Å². The third kappa shape index (κ3) is 1.91. The van der Waals surface area contributed by atoms with Gasteiger partial charge in [0.05, 0.1) is 24.0 Å². The Labute approximate surface area is 149 Å². The van der Waals surface area contributed by atoms with E-state index in [1.54, 1.807) is 10.6 Å². The van der Waals surface area contributed by atoms with Crippen LogP contribution < -0.4 is 5.69 Å². The smallest absolute Gasteiger partial charge is 0.336 e. The molecule has 3 heterocycles. The zero-order valence-electron chi connectivity index (χ0n) is 14.0. The molecule has 1 fully saturated rings.